The molecule has 4 rings (SSSR count). The van der Waals surface area contributed by atoms with Gasteiger partial charge in [-0.15, -0.1) is 0 Å². The zero-order chi connectivity index (χ0) is 18.3. The Balaban J connectivity index is 1.45. The second-order valence-corrected chi connectivity index (χ2v) is 7.01. The molecule has 134 valence electrons. The van der Waals surface area contributed by atoms with Crippen molar-refractivity contribution in [1.82, 2.24) is 19.5 Å². The molecule has 0 bridgehead atoms. The zero-order valence-electron chi connectivity index (χ0n) is 14.4. The zero-order valence-corrected chi connectivity index (χ0v) is 15.1. The highest BCUT2D eigenvalue weighted by atomic mass is 35.5. The number of aryl methyl sites for hydroxylation is 2. The monoisotopic (exact) mass is 372 g/mol. The fourth-order valence-corrected chi connectivity index (χ4v) is 3.49. The average molecular weight is 373 g/mol. The first kappa shape index (κ1) is 17.0. The molecule has 0 unspecified atom stereocenters. The summed E-state index contributed by atoms with van der Waals surface area (Å²) in [5, 5.41) is 4.59. The van der Waals surface area contributed by atoms with E-state index in [0.717, 1.165) is 34.6 Å². The number of fused-ring (bicyclic) bond motifs is 3. The molecule has 1 amide bonds. The highest BCUT2D eigenvalue weighted by Crippen LogP contribution is 2.21. The van der Waals surface area contributed by atoms with Crippen LogP contribution < -0.4 is 0 Å². The van der Waals surface area contributed by atoms with Gasteiger partial charge in [-0.2, -0.15) is 5.10 Å². The Kier molecular flexibility index (Phi) is 4.36. The van der Waals surface area contributed by atoms with Crippen LogP contribution in [0.3, 0.4) is 0 Å². The number of halogens is 2. The number of amides is 1. The third-order valence-electron chi connectivity index (χ3n) is 4.74. The first-order chi connectivity index (χ1) is 12.5. The van der Waals surface area contributed by atoms with Crippen LogP contribution in [-0.4, -0.2) is 31.9 Å². The average Bonchev–Trinajstić information content (AvgIpc) is 3.02. The van der Waals surface area contributed by atoms with Crippen molar-refractivity contribution in [2.75, 3.05) is 6.54 Å². The maximum Gasteiger partial charge on any atom is 0.223 e. The molecule has 7 heteroatoms. The van der Waals surface area contributed by atoms with Crippen LogP contribution in [0.25, 0.3) is 5.65 Å². The predicted octanol–water partition coefficient (Wildman–Crippen LogP) is 3.35. The Bertz CT molecular complexity index is 1000. The van der Waals surface area contributed by atoms with E-state index < -0.39 is 5.82 Å². The van der Waals surface area contributed by atoms with E-state index in [-0.39, 0.29) is 10.9 Å². The summed E-state index contributed by atoms with van der Waals surface area (Å²) in [5.74, 6) is -0.393. The second-order valence-electron chi connectivity index (χ2n) is 6.60. The Morgan fingerprint density at radius 3 is 3.00 bits per heavy atom. The Morgan fingerprint density at radius 2 is 2.19 bits per heavy atom. The molecule has 0 atom stereocenters. The molecule has 3 heterocycles. The van der Waals surface area contributed by atoms with Gasteiger partial charge in [0, 0.05) is 43.8 Å². The summed E-state index contributed by atoms with van der Waals surface area (Å²) in [6.07, 6.45) is 3.41. The lowest BCUT2D eigenvalue weighted by Gasteiger charge is -2.28. The molecule has 0 fully saturated rings. The minimum Gasteiger partial charge on any atom is -0.338 e. The van der Waals surface area contributed by atoms with Crippen molar-refractivity contribution in [2.24, 2.45) is 0 Å². The topological polar surface area (TPSA) is 50.5 Å². The first-order valence-electron chi connectivity index (χ1n) is 8.56. The minimum atomic E-state index is -0.451. The molecule has 0 spiro atoms. The van der Waals surface area contributed by atoms with Gasteiger partial charge in [0.1, 0.15) is 5.82 Å². The number of carbonyl (C=O) groups excluding carboxylic acids is 1. The molecule has 1 aromatic carbocycles. The molecule has 5 nitrogen and oxygen atoms in total. The molecule has 1 aliphatic heterocycles. The molecule has 0 saturated carbocycles. The van der Waals surface area contributed by atoms with Crippen molar-refractivity contribution in [3.8, 4) is 0 Å². The van der Waals surface area contributed by atoms with Crippen LogP contribution in [0.2, 0.25) is 5.02 Å². The van der Waals surface area contributed by atoms with Crippen LogP contribution in [0.5, 0.6) is 0 Å². The molecule has 0 aliphatic carbocycles. The van der Waals surface area contributed by atoms with Crippen LogP contribution in [0.1, 0.15) is 28.9 Å². The van der Waals surface area contributed by atoms with Gasteiger partial charge in [-0.05, 0) is 31.0 Å². The number of aromatic nitrogens is 3. The van der Waals surface area contributed by atoms with Crippen LogP contribution in [0, 0.1) is 12.7 Å². The van der Waals surface area contributed by atoms with Gasteiger partial charge < -0.3 is 4.90 Å². The smallest absolute Gasteiger partial charge is 0.223 e. The van der Waals surface area contributed by atoms with E-state index in [2.05, 4.69) is 10.1 Å². The number of benzene rings is 1. The third-order valence-corrected chi connectivity index (χ3v) is 5.04. The first-order valence-corrected chi connectivity index (χ1v) is 8.94. The summed E-state index contributed by atoms with van der Waals surface area (Å²) in [6, 6.07) is 6.62. The summed E-state index contributed by atoms with van der Waals surface area (Å²) in [5.41, 5.74) is 4.68. The lowest BCUT2D eigenvalue weighted by atomic mass is 10.1. The standard InChI is InChI=1S/C19H18ClFN4O/c1-12-8-18-22-10-14-11-24(7-6-17(14)25(18)23-12)19(26)5-3-13-2-4-15(20)16(21)9-13/h2,4,8-10H,3,5-7,11H2,1H3. The SMILES string of the molecule is Cc1cc2ncc3c(n2n1)CCN(C(=O)CCc1ccc(Cl)c(F)c1)C3. The molecule has 1 aliphatic rings. The summed E-state index contributed by atoms with van der Waals surface area (Å²) in [4.78, 5) is 18.8. The van der Waals surface area contributed by atoms with Gasteiger partial charge in [-0.1, -0.05) is 17.7 Å². The molecule has 3 aromatic rings. The summed E-state index contributed by atoms with van der Waals surface area (Å²) >= 11 is 5.69. The van der Waals surface area contributed by atoms with Gasteiger partial charge in [-0.3, -0.25) is 4.79 Å². The fraction of sp³-hybridized carbons (Fsp3) is 0.316. The maximum absolute atomic E-state index is 13.5. The minimum absolute atomic E-state index is 0.0581. The van der Waals surface area contributed by atoms with Crippen molar-refractivity contribution in [3.63, 3.8) is 0 Å². The Labute approximate surface area is 155 Å². The van der Waals surface area contributed by atoms with E-state index in [4.69, 9.17) is 11.6 Å². The number of hydrogen-bond donors (Lipinski definition) is 0. The molecule has 0 N–H and O–H groups in total. The number of hydrogen-bond acceptors (Lipinski definition) is 3. The number of rotatable bonds is 3. The van der Waals surface area contributed by atoms with Crippen LogP contribution in [-0.2, 0) is 24.2 Å². The predicted molar refractivity (Wildman–Crippen MR) is 96.6 cm³/mol. The van der Waals surface area contributed by atoms with Crippen LogP contribution in [0.15, 0.2) is 30.5 Å². The molecule has 0 radical (unpaired) electrons. The van der Waals surface area contributed by atoms with Crippen LogP contribution in [0.4, 0.5) is 4.39 Å². The highest BCUT2D eigenvalue weighted by molar-refractivity contribution is 6.30. The second kappa shape index (κ2) is 6.68. The Morgan fingerprint density at radius 1 is 1.35 bits per heavy atom. The van der Waals surface area contributed by atoms with Crippen molar-refractivity contribution < 1.29 is 9.18 Å². The summed E-state index contributed by atoms with van der Waals surface area (Å²) in [7, 11) is 0. The molecular formula is C19H18ClFN4O. The van der Waals surface area contributed by atoms with Crippen molar-refractivity contribution in [2.45, 2.75) is 32.7 Å². The third kappa shape index (κ3) is 3.17. The number of nitrogens with zero attached hydrogens (tertiary/aromatic N) is 4. The van der Waals surface area contributed by atoms with Gasteiger partial charge in [0.2, 0.25) is 5.91 Å². The van der Waals surface area contributed by atoms with E-state index in [9.17, 15) is 9.18 Å². The highest BCUT2D eigenvalue weighted by Gasteiger charge is 2.23. The van der Waals surface area contributed by atoms with Gasteiger partial charge in [-0.25, -0.2) is 13.9 Å². The Hall–Kier alpha value is -2.47. The fourth-order valence-electron chi connectivity index (χ4n) is 3.37. The lowest BCUT2D eigenvalue weighted by molar-refractivity contribution is -0.132. The van der Waals surface area contributed by atoms with Crippen molar-refractivity contribution >= 4 is 23.2 Å². The quantitative estimate of drug-likeness (QED) is 0.708. The van der Waals surface area contributed by atoms with Crippen LogP contribution >= 0.6 is 11.6 Å². The van der Waals surface area contributed by atoms with Gasteiger partial charge in [0.05, 0.1) is 16.4 Å². The largest absolute Gasteiger partial charge is 0.338 e. The van der Waals surface area contributed by atoms with E-state index >= 15 is 0 Å². The molecule has 26 heavy (non-hydrogen) atoms. The van der Waals surface area contributed by atoms with Crippen molar-refractivity contribution in [1.29, 1.82) is 0 Å². The van der Waals surface area contributed by atoms with E-state index in [1.54, 1.807) is 6.07 Å². The van der Waals surface area contributed by atoms with Gasteiger partial charge in [0.15, 0.2) is 5.65 Å². The van der Waals surface area contributed by atoms with E-state index in [0.29, 0.717) is 25.9 Å². The number of carbonyl (C=O) groups is 1. The van der Waals surface area contributed by atoms with E-state index in [1.807, 2.05) is 28.6 Å². The lowest BCUT2D eigenvalue weighted by Crippen LogP contribution is -2.37. The van der Waals surface area contributed by atoms with Crippen molar-refractivity contribution in [3.05, 3.63) is 63.8 Å². The summed E-state index contributed by atoms with van der Waals surface area (Å²) in [6.45, 7) is 3.13. The molecular weight excluding hydrogens is 355 g/mol. The van der Waals surface area contributed by atoms with Gasteiger partial charge in [0.25, 0.3) is 0 Å². The van der Waals surface area contributed by atoms with Gasteiger partial charge >= 0.3 is 0 Å². The summed E-state index contributed by atoms with van der Waals surface area (Å²) < 4.78 is 15.4. The maximum atomic E-state index is 13.5. The van der Waals surface area contributed by atoms with E-state index in [1.165, 1.54) is 12.1 Å². The molecule has 2 aromatic heterocycles. The normalized spacial score (nSPS) is 13.9. The molecule has 0 saturated heterocycles.